The molecule has 3 aromatic rings. The number of pyridine rings is 1. The van der Waals surface area contributed by atoms with Crippen LogP contribution < -0.4 is 10.2 Å². The van der Waals surface area contributed by atoms with Crippen LogP contribution in [0.1, 0.15) is 11.0 Å². The Morgan fingerprint density at radius 2 is 1.95 bits per heavy atom. The van der Waals surface area contributed by atoms with Crippen molar-refractivity contribution in [2.45, 2.75) is 0 Å². The minimum absolute atomic E-state index is 0.0630. The number of aromatic nitrogens is 4. The molecule has 1 fully saturated rings. The van der Waals surface area contributed by atoms with Crippen molar-refractivity contribution in [3.05, 3.63) is 36.9 Å². The Kier molecular flexibility index (Phi) is 1.54. The lowest BCUT2D eigenvalue weighted by molar-refractivity contribution is 0.590. The highest BCUT2D eigenvalue weighted by atomic mass is 15.3. The van der Waals surface area contributed by atoms with E-state index in [0.29, 0.717) is 10.4 Å². The average Bonchev–Trinajstić information content (AvgIpc) is 3.19. The standard InChI is InChI=1S/C15H18N6/c1-19-10-13(8-17-19)12-2-3-14-15(9-18-21(14)11-12)20-6-4-16-5-7-20/h2-3,8-11,16H,4-7H2,1H3/i4D2,5D2,6D2,7D2. The SMILES string of the molecule is [2H]C1([2H])NC([2H])([2H])C([2H])([2H])N(c2cnn3cc(-c4cnn(C)c4)ccc23)C1([2H])[2H]. The largest absolute Gasteiger partial charge is 0.366 e. The second-order valence-electron chi connectivity index (χ2n) is 4.61. The fraction of sp³-hybridized carbons (Fsp3) is 0.333. The molecule has 1 aliphatic rings. The number of hydrogen-bond donors (Lipinski definition) is 1. The van der Waals surface area contributed by atoms with Crippen LogP contribution in [-0.2, 0) is 7.05 Å². The zero-order valence-electron chi connectivity index (χ0n) is 19.2. The topological polar surface area (TPSA) is 50.4 Å². The van der Waals surface area contributed by atoms with E-state index in [2.05, 4.69) is 10.2 Å². The Morgan fingerprint density at radius 3 is 2.71 bits per heavy atom. The molecule has 1 aliphatic heterocycles. The van der Waals surface area contributed by atoms with Crippen molar-refractivity contribution in [3.8, 4) is 11.1 Å². The molecule has 4 rings (SSSR count). The van der Waals surface area contributed by atoms with E-state index in [1.807, 2.05) is 11.5 Å². The lowest BCUT2D eigenvalue weighted by atomic mass is 10.1. The molecular formula is C15H18N6. The van der Waals surface area contributed by atoms with Crippen molar-refractivity contribution in [1.29, 1.82) is 0 Å². The number of fused-ring (bicyclic) bond motifs is 1. The van der Waals surface area contributed by atoms with Gasteiger partial charge in [0.05, 0.1) is 29.1 Å². The van der Waals surface area contributed by atoms with Crippen LogP contribution in [0.25, 0.3) is 16.6 Å². The number of aryl methyl sites for hydroxylation is 1. The van der Waals surface area contributed by atoms with E-state index in [1.165, 1.54) is 10.7 Å². The van der Waals surface area contributed by atoms with Crippen molar-refractivity contribution in [2.24, 2.45) is 7.05 Å². The molecule has 0 aromatic carbocycles. The van der Waals surface area contributed by atoms with Crippen LogP contribution >= 0.6 is 0 Å². The second kappa shape index (κ2) is 4.89. The number of nitrogens with one attached hydrogen (secondary N) is 1. The predicted octanol–water partition coefficient (Wildman–Crippen LogP) is 1.14. The van der Waals surface area contributed by atoms with Crippen LogP contribution in [0.4, 0.5) is 5.69 Å². The van der Waals surface area contributed by atoms with Crippen LogP contribution in [0.5, 0.6) is 0 Å². The molecule has 6 nitrogen and oxygen atoms in total. The van der Waals surface area contributed by atoms with E-state index >= 15 is 0 Å². The van der Waals surface area contributed by atoms with Gasteiger partial charge in [0, 0.05) is 62.0 Å². The Hall–Kier alpha value is -2.34. The van der Waals surface area contributed by atoms with Crippen molar-refractivity contribution in [3.63, 3.8) is 0 Å². The summed E-state index contributed by atoms with van der Waals surface area (Å²) < 4.78 is 67.8. The molecule has 1 N–H and O–H groups in total. The Bertz CT molecular complexity index is 1060. The monoisotopic (exact) mass is 290 g/mol. The molecule has 0 amide bonds. The lowest BCUT2D eigenvalue weighted by Gasteiger charge is -2.28. The first kappa shape index (κ1) is 6.62. The Labute approximate surface area is 134 Å². The first-order chi connectivity index (χ1) is 13.3. The molecule has 3 aromatic heterocycles. The molecule has 0 bridgehead atoms. The van der Waals surface area contributed by atoms with Gasteiger partial charge in [0.15, 0.2) is 0 Å². The molecule has 21 heavy (non-hydrogen) atoms. The summed E-state index contributed by atoms with van der Waals surface area (Å²) in [5.41, 5.74) is 1.84. The summed E-state index contributed by atoms with van der Waals surface area (Å²) in [4.78, 5) is 0.489. The molecule has 4 heterocycles. The molecule has 0 saturated carbocycles. The van der Waals surface area contributed by atoms with E-state index in [4.69, 9.17) is 11.0 Å². The minimum Gasteiger partial charge on any atom is -0.366 e. The van der Waals surface area contributed by atoms with Gasteiger partial charge in [-0.1, -0.05) is 6.07 Å². The summed E-state index contributed by atoms with van der Waals surface area (Å²) in [7, 11) is 1.78. The van der Waals surface area contributed by atoms with E-state index < -0.39 is 26.0 Å². The maximum Gasteiger partial charge on any atom is 0.0896 e. The normalized spacial score (nSPS) is 31.0. The number of piperazine rings is 1. The molecule has 0 atom stereocenters. The van der Waals surface area contributed by atoms with Gasteiger partial charge in [0.25, 0.3) is 0 Å². The van der Waals surface area contributed by atoms with Gasteiger partial charge in [-0.15, -0.1) is 0 Å². The van der Waals surface area contributed by atoms with Gasteiger partial charge in [-0.25, -0.2) is 4.52 Å². The van der Waals surface area contributed by atoms with Gasteiger partial charge in [-0.05, 0) is 6.07 Å². The average molecular weight is 290 g/mol. The third kappa shape index (κ3) is 2.17. The van der Waals surface area contributed by atoms with Crippen molar-refractivity contribution in [1.82, 2.24) is 24.7 Å². The summed E-state index contributed by atoms with van der Waals surface area (Å²) in [6.07, 6.45) is 6.34. The molecule has 1 saturated heterocycles. The fourth-order valence-electron chi connectivity index (χ4n) is 2.23. The highest BCUT2D eigenvalue weighted by Crippen LogP contribution is 2.25. The second-order valence-corrected chi connectivity index (χ2v) is 4.61. The molecule has 6 heteroatoms. The van der Waals surface area contributed by atoms with E-state index in [1.54, 1.807) is 36.3 Å². The van der Waals surface area contributed by atoms with Crippen LogP contribution in [0.2, 0.25) is 0 Å². The van der Waals surface area contributed by atoms with Gasteiger partial charge in [0.2, 0.25) is 0 Å². The number of hydrogen-bond acceptors (Lipinski definition) is 4. The summed E-state index contributed by atoms with van der Waals surface area (Å²) in [5.74, 6) is 0. The Morgan fingerprint density at radius 1 is 1.10 bits per heavy atom. The molecule has 0 radical (unpaired) electrons. The molecule has 108 valence electrons. The highest BCUT2D eigenvalue weighted by molar-refractivity contribution is 5.75. The number of rotatable bonds is 2. The van der Waals surface area contributed by atoms with Crippen molar-refractivity contribution in [2.75, 3.05) is 30.9 Å². The lowest BCUT2D eigenvalue weighted by Crippen LogP contribution is -2.43. The third-order valence-corrected chi connectivity index (χ3v) is 3.24. The Balaban J connectivity index is 1.88. The van der Waals surface area contributed by atoms with Gasteiger partial charge in [-0.3, -0.25) is 4.68 Å². The van der Waals surface area contributed by atoms with Crippen molar-refractivity contribution < 1.29 is 11.0 Å². The summed E-state index contributed by atoms with van der Waals surface area (Å²) >= 11 is 0. The van der Waals surface area contributed by atoms with E-state index in [0.717, 1.165) is 11.1 Å². The zero-order chi connectivity index (χ0) is 21.4. The smallest absolute Gasteiger partial charge is 0.0896 e. The molecular weight excluding hydrogens is 264 g/mol. The van der Waals surface area contributed by atoms with Gasteiger partial charge in [0.1, 0.15) is 0 Å². The van der Waals surface area contributed by atoms with Crippen LogP contribution in [0, 0.1) is 0 Å². The fourth-order valence-corrected chi connectivity index (χ4v) is 2.23. The maximum atomic E-state index is 8.25. The first-order valence-electron chi connectivity index (χ1n) is 10.3. The predicted molar refractivity (Wildman–Crippen MR) is 82.5 cm³/mol. The number of nitrogens with zero attached hydrogens (tertiary/aromatic N) is 5. The first-order valence-corrected chi connectivity index (χ1v) is 6.34. The molecule has 0 spiro atoms. The minimum atomic E-state index is -2.91. The summed E-state index contributed by atoms with van der Waals surface area (Å²) in [6.45, 7) is -11.6. The van der Waals surface area contributed by atoms with Gasteiger partial charge >= 0.3 is 0 Å². The van der Waals surface area contributed by atoms with Gasteiger partial charge in [-0.2, -0.15) is 10.2 Å². The third-order valence-electron chi connectivity index (χ3n) is 3.24. The van der Waals surface area contributed by atoms with E-state index in [-0.39, 0.29) is 5.69 Å². The zero-order valence-corrected chi connectivity index (χ0v) is 11.2. The highest BCUT2D eigenvalue weighted by Gasteiger charge is 2.15. The molecule has 0 unspecified atom stereocenters. The maximum absolute atomic E-state index is 8.25. The summed E-state index contributed by atoms with van der Waals surface area (Å²) in [6, 6.07) is 3.33. The van der Waals surface area contributed by atoms with Crippen LogP contribution in [0.15, 0.2) is 36.9 Å². The van der Waals surface area contributed by atoms with E-state index in [9.17, 15) is 0 Å². The molecule has 0 aliphatic carbocycles. The van der Waals surface area contributed by atoms with Gasteiger partial charge < -0.3 is 10.2 Å². The summed E-state index contributed by atoms with van der Waals surface area (Å²) in [5, 5.41) is 10.1. The van der Waals surface area contributed by atoms with Crippen LogP contribution in [-0.4, -0.2) is 45.4 Å². The quantitative estimate of drug-likeness (QED) is 0.769. The van der Waals surface area contributed by atoms with Crippen molar-refractivity contribution >= 4 is 11.2 Å². The number of anilines is 1. The van der Waals surface area contributed by atoms with Crippen LogP contribution in [0.3, 0.4) is 0 Å².